The first-order valence-electron chi connectivity index (χ1n) is 6.39. The fraction of sp³-hybridized carbons (Fsp3) is 0.538. The Morgan fingerprint density at radius 2 is 2.24 bits per heavy atom. The number of imidazole rings is 1. The topological polar surface area (TPSA) is 35.6 Å². The van der Waals surface area contributed by atoms with Crippen LogP contribution in [0.1, 0.15) is 31.3 Å². The van der Waals surface area contributed by atoms with E-state index in [4.69, 9.17) is 4.98 Å². The van der Waals surface area contributed by atoms with Crippen LogP contribution in [0.5, 0.6) is 0 Å². The highest BCUT2D eigenvalue weighted by Gasteiger charge is 2.15. The van der Waals surface area contributed by atoms with Crippen LogP contribution < -0.4 is 0 Å². The van der Waals surface area contributed by atoms with Crippen molar-refractivity contribution >= 4 is 0 Å². The van der Waals surface area contributed by atoms with Crippen LogP contribution in [-0.4, -0.2) is 19.3 Å². The number of fused-ring (bicyclic) bond motifs is 1. The van der Waals surface area contributed by atoms with E-state index in [0.717, 1.165) is 36.6 Å². The fourth-order valence-corrected chi connectivity index (χ4v) is 2.53. The first-order valence-corrected chi connectivity index (χ1v) is 6.39. The average molecular weight is 230 g/mol. The lowest BCUT2D eigenvalue weighted by atomic mass is 10.2. The Labute approximate surface area is 101 Å². The van der Waals surface area contributed by atoms with Crippen LogP contribution in [0.25, 0.3) is 11.4 Å². The highest BCUT2D eigenvalue weighted by atomic mass is 15.3. The first-order chi connectivity index (χ1) is 8.28. The van der Waals surface area contributed by atoms with E-state index in [2.05, 4.69) is 28.9 Å². The quantitative estimate of drug-likeness (QED) is 0.794. The molecule has 2 aromatic heterocycles. The summed E-state index contributed by atoms with van der Waals surface area (Å²) >= 11 is 0. The van der Waals surface area contributed by atoms with Crippen LogP contribution in [0.2, 0.25) is 0 Å². The van der Waals surface area contributed by atoms with E-state index < -0.39 is 0 Å². The number of hydrogen-bond donors (Lipinski definition) is 0. The second-order valence-electron chi connectivity index (χ2n) is 4.68. The third kappa shape index (κ3) is 1.77. The molecule has 0 unspecified atom stereocenters. The number of nitrogens with zero attached hydrogens (tertiary/aromatic N) is 4. The minimum absolute atomic E-state index is 0.894. The Kier molecular flexibility index (Phi) is 2.50. The van der Waals surface area contributed by atoms with Crippen LogP contribution in [0.4, 0.5) is 0 Å². The van der Waals surface area contributed by atoms with Gasteiger partial charge in [-0.15, -0.1) is 0 Å². The van der Waals surface area contributed by atoms with Crippen LogP contribution in [-0.2, 0) is 19.5 Å². The van der Waals surface area contributed by atoms with Gasteiger partial charge in [0.25, 0.3) is 0 Å². The zero-order chi connectivity index (χ0) is 11.8. The summed E-state index contributed by atoms with van der Waals surface area (Å²) < 4.78 is 4.32. The molecule has 0 aromatic carbocycles. The highest BCUT2D eigenvalue weighted by molar-refractivity contribution is 5.54. The van der Waals surface area contributed by atoms with Crippen LogP contribution >= 0.6 is 0 Å². The lowest BCUT2D eigenvalue weighted by Gasteiger charge is -2.11. The molecule has 0 aliphatic carbocycles. The van der Waals surface area contributed by atoms with Gasteiger partial charge in [0.05, 0.1) is 11.4 Å². The Morgan fingerprint density at radius 1 is 1.35 bits per heavy atom. The predicted octanol–water partition coefficient (Wildman–Crippen LogP) is 2.41. The summed E-state index contributed by atoms with van der Waals surface area (Å²) in [7, 11) is 0. The van der Waals surface area contributed by atoms with Crippen molar-refractivity contribution in [2.24, 2.45) is 0 Å². The average Bonchev–Trinajstić information content (AvgIpc) is 2.91. The Hall–Kier alpha value is -1.58. The summed E-state index contributed by atoms with van der Waals surface area (Å²) in [6, 6.07) is 2.12. The molecule has 17 heavy (non-hydrogen) atoms. The number of aryl methyl sites for hydroxylation is 4. The summed E-state index contributed by atoms with van der Waals surface area (Å²) in [5.74, 6) is 1.23. The molecule has 3 rings (SSSR count). The van der Waals surface area contributed by atoms with Crippen LogP contribution in [0.15, 0.2) is 12.3 Å². The second kappa shape index (κ2) is 4.02. The molecule has 0 fully saturated rings. The summed E-state index contributed by atoms with van der Waals surface area (Å²) in [4.78, 5) is 4.75. The van der Waals surface area contributed by atoms with Crippen molar-refractivity contribution in [1.82, 2.24) is 19.3 Å². The van der Waals surface area contributed by atoms with Crippen molar-refractivity contribution in [2.45, 2.75) is 46.2 Å². The smallest absolute Gasteiger partial charge is 0.109 e. The monoisotopic (exact) mass is 230 g/mol. The number of hydrogen-bond acceptors (Lipinski definition) is 2. The Morgan fingerprint density at radius 3 is 3.00 bits per heavy atom. The molecule has 90 valence electrons. The van der Waals surface area contributed by atoms with Gasteiger partial charge in [-0.05, 0) is 32.8 Å². The van der Waals surface area contributed by atoms with Crippen molar-refractivity contribution in [2.75, 3.05) is 0 Å². The lowest BCUT2D eigenvalue weighted by Crippen LogP contribution is -2.08. The molecule has 0 bridgehead atoms. The van der Waals surface area contributed by atoms with Crippen molar-refractivity contribution in [3.63, 3.8) is 0 Å². The van der Waals surface area contributed by atoms with Crippen LogP contribution in [0.3, 0.4) is 0 Å². The van der Waals surface area contributed by atoms with E-state index in [1.807, 2.05) is 11.6 Å². The van der Waals surface area contributed by atoms with Gasteiger partial charge in [-0.3, -0.25) is 4.68 Å². The zero-order valence-electron chi connectivity index (χ0n) is 10.5. The normalized spacial score (nSPS) is 14.9. The maximum Gasteiger partial charge on any atom is 0.109 e. The molecule has 1 aliphatic rings. The third-order valence-electron chi connectivity index (χ3n) is 3.37. The molecule has 0 saturated carbocycles. The molecule has 0 radical (unpaired) electrons. The molecule has 0 amide bonds. The number of aromatic nitrogens is 4. The van der Waals surface area contributed by atoms with E-state index >= 15 is 0 Å². The molecule has 1 aliphatic heterocycles. The summed E-state index contributed by atoms with van der Waals surface area (Å²) in [6.07, 6.45) is 5.83. The fourth-order valence-electron chi connectivity index (χ4n) is 2.53. The van der Waals surface area contributed by atoms with E-state index in [-0.39, 0.29) is 0 Å². The SMILES string of the molecule is CCn1nc(C)cc1-c1cn2c(n1)CCCC2. The van der Waals surface area contributed by atoms with Crippen LogP contribution in [0, 0.1) is 6.92 Å². The van der Waals surface area contributed by atoms with Gasteiger partial charge in [0, 0.05) is 25.7 Å². The molecule has 0 N–H and O–H groups in total. The molecule has 2 aromatic rings. The molecule has 4 nitrogen and oxygen atoms in total. The third-order valence-corrected chi connectivity index (χ3v) is 3.37. The standard InChI is InChI=1S/C13H18N4/c1-3-17-12(8-10(2)15-17)11-9-16-7-5-4-6-13(16)14-11/h8-9H,3-7H2,1-2H3. The van der Waals surface area contributed by atoms with Crippen molar-refractivity contribution in [3.05, 3.63) is 23.8 Å². The molecule has 0 atom stereocenters. The van der Waals surface area contributed by atoms with Crippen molar-refractivity contribution in [3.8, 4) is 11.4 Å². The summed E-state index contributed by atoms with van der Waals surface area (Å²) in [6.45, 7) is 6.16. The molecule has 0 spiro atoms. The highest BCUT2D eigenvalue weighted by Crippen LogP contribution is 2.23. The minimum Gasteiger partial charge on any atom is -0.334 e. The molecule has 3 heterocycles. The first kappa shape index (κ1) is 10.6. The van der Waals surface area contributed by atoms with E-state index in [1.54, 1.807) is 0 Å². The maximum absolute atomic E-state index is 4.75. The molecule has 4 heteroatoms. The van der Waals surface area contributed by atoms with Gasteiger partial charge in [0.2, 0.25) is 0 Å². The maximum atomic E-state index is 4.75. The lowest BCUT2D eigenvalue weighted by molar-refractivity contribution is 0.522. The van der Waals surface area contributed by atoms with Gasteiger partial charge in [-0.1, -0.05) is 0 Å². The van der Waals surface area contributed by atoms with E-state index in [1.165, 1.54) is 18.7 Å². The van der Waals surface area contributed by atoms with Gasteiger partial charge < -0.3 is 4.57 Å². The van der Waals surface area contributed by atoms with Gasteiger partial charge in [0.1, 0.15) is 11.5 Å². The van der Waals surface area contributed by atoms with Gasteiger partial charge in [0.15, 0.2) is 0 Å². The summed E-state index contributed by atoms with van der Waals surface area (Å²) in [5, 5.41) is 4.48. The second-order valence-corrected chi connectivity index (χ2v) is 4.68. The van der Waals surface area contributed by atoms with Gasteiger partial charge in [-0.25, -0.2) is 4.98 Å². The Balaban J connectivity index is 2.05. The molecule has 0 saturated heterocycles. The van der Waals surface area contributed by atoms with Gasteiger partial charge >= 0.3 is 0 Å². The minimum atomic E-state index is 0.894. The summed E-state index contributed by atoms with van der Waals surface area (Å²) in [5.41, 5.74) is 3.28. The molecular weight excluding hydrogens is 212 g/mol. The predicted molar refractivity (Wildman–Crippen MR) is 66.8 cm³/mol. The Bertz CT molecular complexity index is 512. The number of rotatable bonds is 2. The zero-order valence-corrected chi connectivity index (χ0v) is 10.5. The van der Waals surface area contributed by atoms with Crippen molar-refractivity contribution in [1.29, 1.82) is 0 Å². The van der Waals surface area contributed by atoms with Crippen molar-refractivity contribution < 1.29 is 0 Å². The molecular formula is C13H18N4. The van der Waals surface area contributed by atoms with Gasteiger partial charge in [-0.2, -0.15) is 5.10 Å². The largest absolute Gasteiger partial charge is 0.334 e. The van der Waals surface area contributed by atoms with E-state index in [0.29, 0.717) is 0 Å². The van der Waals surface area contributed by atoms with E-state index in [9.17, 15) is 0 Å².